The number of amides is 2. The summed E-state index contributed by atoms with van der Waals surface area (Å²) in [5.74, 6) is 9.08. The summed E-state index contributed by atoms with van der Waals surface area (Å²) in [6, 6.07) is 12.7. The van der Waals surface area contributed by atoms with Crippen LogP contribution in [-0.2, 0) is 6.61 Å². The van der Waals surface area contributed by atoms with Crippen LogP contribution < -0.4 is 26.9 Å². The summed E-state index contributed by atoms with van der Waals surface area (Å²) >= 11 is 0. The molecular formula is C19H17F2N5O2. The zero-order valence-electron chi connectivity index (χ0n) is 14.6. The number of anilines is 1. The SMILES string of the molecule is NNC(=O)N(N)c1ccccc1COc1cc(F)c(-c2ccccn2)cc1F. The average Bonchev–Trinajstić information content (AvgIpc) is 2.73. The molecule has 0 saturated carbocycles. The quantitative estimate of drug-likeness (QED) is 0.356. The molecule has 0 atom stereocenters. The number of hydrogen-bond acceptors (Lipinski definition) is 5. The highest BCUT2D eigenvalue weighted by atomic mass is 19.1. The van der Waals surface area contributed by atoms with Crippen molar-refractivity contribution in [1.29, 1.82) is 0 Å². The van der Waals surface area contributed by atoms with E-state index in [1.165, 1.54) is 6.20 Å². The van der Waals surface area contributed by atoms with Gasteiger partial charge in [-0.2, -0.15) is 0 Å². The van der Waals surface area contributed by atoms with Gasteiger partial charge in [-0.1, -0.05) is 24.3 Å². The second-order valence-electron chi connectivity index (χ2n) is 5.71. The van der Waals surface area contributed by atoms with E-state index in [1.54, 1.807) is 42.5 Å². The predicted octanol–water partition coefficient (Wildman–Crippen LogP) is 2.87. The molecule has 144 valence electrons. The molecular weight excluding hydrogens is 368 g/mol. The maximum atomic E-state index is 14.4. The lowest BCUT2D eigenvalue weighted by molar-refractivity contribution is 0.246. The minimum atomic E-state index is -0.746. The van der Waals surface area contributed by atoms with Gasteiger partial charge >= 0.3 is 6.03 Å². The van der Waals surface area contributed by atoms with E-state index in [0.717, 1.165) is 17.1 Å². The summed E-state index contributed by atoms with van der Waals surface area (Å²) in [6.45, 7) is -0.152. The number of carbonyl (C=O) groups excluding carboxylic acids is 1. The Bertz CT molecular complexity index is 985. The summed E-state index contributed by atoms with van der Waals surface area (Å²) in [5.41, 5.74) is 3.02. The molecule has 2 aromatic carbocycles. The van der Waals surface area contributed by atoms with Gasteiger partial charge in [-0.3, -0.25) is 10.4 Å². The Kier molecular flexibility index (Phi) is 5.78. The molecule has 1 aromatic heterocycles. The number of halogens is 2. The summed E-state index contributed by atoms with van der Waals surface area (Å²) in [4.78, 5) is 15.6. The molecule has 0 spiro atoms. The highest BCUT2D eigenvalue weighted by Gasteiger charge is 2.17. The van der Waals surface area contributed by atoms with E-state index in [9.17, 15) is 13.6 Å². The summed E-state index contributed by atoms with van der Waals surface area (Å²) in [6.07, 6.45) is 1.49. The first-order valence-corrected chi connectivity index (χ1v) is 8.18. The molecule has 0 radical (unpaired) electrons. The van der Waals surface area contributed by atoms with Crippen LogP contribution in [0, 0.1) is 11.6 Å². The molecule has 28 heavy (non-hydrogen) atoms. The highest BCUT2D eigenvalue weighted by molar-refractivity contribution is 5.91. The number of ether oxygens (including phenoxy) is 1. The average molecular weight is 385 g/mol. The van der Waals surface area contributed by atoms with Gasteiger partial charge in [0.05, 0.1) is 11.4 Å². The highest BCUT2D eigenvalue weighted by Crippen LogP contribution is 2.29. The molecule has 2 amide bonds. The smallest absolute Gasteiger partial charge is 0.350 e. The van der Waals surface area contributed by atoms with Crippen molar-refractivity contribution in [2.75, 3.05) is 5.01 Å². The van der Waals surface area contributed by atoms with E-state index in [4.69, 9.17) is 16.4 Å². The zero-order valence-corrected chi connectivity index (χ0v) is 14.6. The van der Waals surface area contributed by atoms with Crippen molar-refractivity contribution in [2.24, 2.45) is 11.7 Å². The fourth-order valence-corrected chi connectivity index (χ4v) is 2.56. The Morgan fingerprint density at radius 2 is 1.86 bits per heavy atom. The van der Waals surface area contributed by atoms with Crippen LogP contribution in [0.15, 0.2) is 60.8 Å². The van der Waals surface area contributed by atoms with Crippen molar-refractivity contribution < 1.29 is 18.3 Å². The van der Waals surface area contributed by atoms with Crippen LogP contribution in [0.25, 0.3) is 11.3 Å². The van der Waals surface area contributed by atoms with E-state index < -0.39 is 17.7 Å². The predicted molar refractivity (Wildman–Crippen MR) is 99.7 cm³/mol. The van der Waals surface area contributed by atoms with E-state index in [-0.39, 0.29) is 17.9 Å². The number of benzene rings is 2. The lowest BCUT2D eigenvalue weighted by Crippen LogP contribution is -2.48. The number of nitrogens with two attached hydrogens (primary N) is 2. The fraction of sp³-hybridized carbons (Fsp3) is 0.0526. The topological polar surface area (TPSA) is 106 Å². The van der Waals surface area contributed by atoms with Crippen molar-refractivity contribution in [1.82, 2.24) is 10.4 Å². The molecule has 5 N–H and O–H groups in total. The molecule has 3 rings (SSSR count). The van der Waals surface area contributed by atoms with Gasteiger partial charge in [-0.15, -0.1) is 0 Å². The lowest BCUT2D eigenvalue weighted by Gasteiger charge is -2.19. The number of para-hydroxylation sites is 1. The Hall–Kier alpha value is -3.56. The van der Waals surface area contributed by atoms with Crippen molar-refractivity contribution in [3.63, 3.8) is 0 Å². The van der Waals surface area contributed by atoms with E-state index in [0.29, 0.717) is 16.9 Å². The molecule has 0 saturated heterocycles. The molecule has 0 unspecified atom stereocenters. The number of rotatable bonds is 5. The van der Waals surface area contributed by atoms with Crippen LogP contribution in [-0.4, -0.2) is 11.0 Å². The van der Waals surface area contributed by atoms with Crippen LogP contribution in [0.2, 0.25) is 0 Å². The summed E-state index contributed by atoms with van der Waals surface area (Å²) in [7, 11) is 0. The first-order valence-electron chi connectivity index (χ1n) is 8.18. The maximum absolute atomic E-state index is 14.4. The number of hydrazine groups is 2. The van der Waals surface area contributed by atoms with E-state index in [2.05, 4.69) is 4.98 Å². The molecule has 0 bridgehead atoms. The summed E-state index contributed by atoms with van der Waals surface area (Å²) in [5, 5.41) is 0.791. The molecule has 9 heteroatoms. The third-order valence-corrected chi connectivity index (χ3v) is 3.94. The van der Waals surface area contributed by atoms with Gasteiger partial charge in [0, 0.05) is 23.4 Å². The third kappa shape index (κ3) is 4.05. The van der Waals surface area contributed by atoms with Crippen molar-refractivity contribution >= 4 is 11.7 Å². The Morgan fingerprint density at radius 3 is 2.57 bits per heavy atom. The lowest BCUT2D eigenvalue weighted by atomic mass is 10.1. The molecule has 0 fully saturated rings. The third-order valence-electron chi connectivity index (χ3n) is 3.94. The van der Waals surface area contributed by atoms with Crippen molar-refractivity contribution in [3.8, 4) is 17.0 Å². The van der Waals surface area contributed by atoms with Gasteiger partial charge in [0.2, 0.25) is 0 Å². The van der Waals surface area contributed by atoms with Crippen LogP contribution in [0.4, 0.5) is 19.3 Å². The first-order chi connectivity index (χ1) is 13.5. The second-order valence-corrected chi connectivity index (χ2v) is 5.71. The standard InChI is InChI=1S/C19H17F2N5O2/c20-14-10-18(15(21)9-13(14)16-6-3-4-8-24-16)28-11-12-5-1-2-7-17(12)26(23)19(27)25-22/h1-10H,11,22-23H2,(H,25,27). The number of nitrogens with zero attached hydrogens (tertiary/aromatic N) is 2. The first kappa shape index (κ1) is 19.2. The van der Waals surface area contributed by atoms with Crippen LogP contribution in [0.3, 0.4) is 0 Å². The van der Waals surface area contributed by atoms with E-state index in [1.807, 2.05) is 5.43 Å². The van der Waals surface area contributed by atoms with Crippen LogP contribution in [0.1, 0.15) is 5.56 Å². The van der Waals surface area contributed by atoms with Gasteiger partial charge in [-0.25, -0.2) is 30.3 Å². The van der Waals surface area contributed by atoms with Crippen LogP contribution in [0.5, 0.6) is 5.75 Å². The number of urea groups is 1. The molecule has 3 aromatic rings. The molecule has 0 aliphatic rings. The molecule has 1 heterocycles. The molecule has 7 nitrogen and oxygen atoms in total. The molecule has 0 aliphatic heterocycles. The van der Waals surface area contributed by atoms with Gasteiger partial charge < -0.3 is 4.74 Å². The van der Waals surface area contributed by atoms with Crippen molar-refractivity contribution in [2.45, 2.75) is 6.61 Å². The second kappa shape index (κ2) is 8.42. The Labute approximate surface area is 159 Å². The normalized spacial score (nSPS) is 10.4. The van der Waals surface area contributed by atoms with Gasteiger partial charge in [-0.05, 0) is 24.3 Å². The Morgan fingerprint density at radius 1 is 1.11 bits per heavy atom. The summed E-state index contributed by atoms with van der Waals surface area (Å²) < 4.78 is 34.3. The minimum Gasteiger partial charge on any atom is -0.486 e. The number of aromatic nitrogens is 1. The van der Waals surface area contributed by atoms with Gasteiger partial charge in [0.25, 0.3) is 0 Å². The number of carbonyl (C=O) groups is 1. The number of pyridine rings is 1. The number of hydrogen-bond donors (Lipinski definition) is 3. The van der Waals surface area contributed by atoms with Gasteiger partial charge in [0.15, 0.2) is 11.6 Å². The van der Waals surface area contributed by atoms with Gasteiger partial charge in [0.1, 0.15) is 12.4 Å². The monoisotopic (exact) mass is 385 g/mol. The Balaban J connectivity index is 1.83. The molecule has 0 aliphatic carbocycles. The van der Waals surface area contributed by atoms with Crippen LogP contribution >= 0.6 is 0 Å². The maximum Gasteiger partial charge on any atom is 0.350 e. The van der Waals surface area contributed by atoms with E-state index >= 15 is 0 Å². The van der Waals surface area contributed by atoms with Crippen molar-refractivity contribution in [3.05, 3.63) is 78.0 Å². The largest absolute Gasteiger partial charge is 0.486 e. The zero-order chi connectivity index (χ0) is 20.1. The number of nitrogens with one attached hydrogen (secondary N) is 1. The fourth-order valence-electron chi connectivity index (χ4n) is 2.56. The minimum absolute atomic E-state index is 0.0265.